The Balaban J connectivity index is 1.14. The van der Waals surface area contributed by atoms with Gasteiger partial charge >= 0.3 is 24.2 Å². The van der Waals surface area contributed by atoms with Gasteiger partial charge in [-0.05, 0) is 97.1 Å². The Morgan fingerprint density at radius 2 is 0.600 bits per heavy atom. The second kappa shape index (κ2) is 14.4. The van der Waals surface area contributed by atoms with Crippen LogP contribution in [0.5, 0.6) is 23.0 Å². The molecule has 5 rings (SSSR count). The number of ether oxygens (including phenoxy) is 2. The second-order valence-corrected chi connectivity index (χ2v) is 10.4. The lowest BCUT2D eigenvalue weighted by atomic mass is 9.98. The Bertz CT molecular complexity index is 1860. The van der Waals surface area contributed by atoms with Crippen molar-refractivity contribution in [3.8, 4) is 23.0 Å². The Kier molecular flexibility index (Phi) is 10.0. The molecule has 0 saturated heterocycles. The van der Waals surface area contributed by atoms with E-state index in [1.54, 1.807) is 10.6 Å². The van der Waals surface area contributed by atoms with Crippen LogP contribution < -0.4 is 20.1 Å². The highest BCUT2D eigenvalue weighted by molar-refractivity contribution is 6.11. The molecule has 0 heterocycles. The van der Waals surface area contributed by atoms with Crippen molar-refractivity contribution in [1.82, 2.24) is 0 Å². The standard InChI is InChI=1S/C36H22F6N2O6/c37-35(38,39)33(47)43-25-9-17-29(18-10-25)49-27-13-5-23(6-14-27)31(45)21-1-2-22(4-3-21)32(46)24-7-15-28(16-8-24)50-30-19-11-26(12-20-30)44-34(48)36(40,41)42/h1-20H,(H,43,47)(H,44,48). The lowest BCUT2D eigenvalue weighted by molar-refractivity contribution is -0.167. The first-order valence-corrected chi connectivity index (χ1v) is 14.4. The molecule has 2 amide bonds. The Morgan fingerprint density at radius 1 is 0.380 bits per heavy atom. The molecule has 0 unspecified atom stereocenters. The van der Waals surface area contributed by atoms with Gasteiger partial charge in [-0.3, -0.25) is 19.2 Å². The number of carbonyl (C=O) groups excluding carboxylic acids is 4. The van der Waals surface area contributed by atoms with Crippen LogP contribution in [0.3, 0.4) is 0 Å². The highest BCUT2D eigenvalue weighted by Crippen LogP contribution is 2.27. The van der Waals surface area contributed by atoms with Crippen LogP contribution in [0, 0.1) is 0 Å². The number of benzene rings is 5. The van der Waals surface area contributed by atoms with Crippen molar-refractivity contribution in [3.05, 3.63) is 144 Å². The molecule has 0 radical (unpaired) electrons. The van der Waals surface area contributed by atoms with Crippen molar-refractivity contribution in [1.29, 1.82) is 0 Å². The van der Waals surface area contributed by atoms with Gasteiger partial charge in [-0.1, -0.05) is 24.3 Å². The lowest BCUT2D eigenvalue weighted by Crippen LogP contribution is -2.29. The number of anilines is 2. The van der Waals surface area contributed by atoms with Crippen molar-refractivity contribution in [2.24, 2.45) is 0 Å². The molecule has 5 aromatic carbocycles. The normalized spacial score (nSPS) is 11.3. The van der Waals surface area contributed by atoms with Gasteiger partial charge in [0.1, 0.15) is 23.0 Å². The Labute approximate surface area is 279 Å². The highest BCUT2D eigenvalue weighted by Gasteiger charge is 2.39. The molecule has 0 aliphatic rings. The van der Waals surface area contributed by atoms with Crippen molar-refractivity contribution < 1.29 is 55.0 Å². The number of ketones is 2. The molecule has 0 aliphatic carbocycles. The van der Waals surface area contributed by atoms with Crippen molar-refractivity contribution >= 4 is 34.8 Å². The average molecular weight is 693 g/mol. The first-order chi connectivity index (χ1) is 23.7. The zero-order valence-corrected chi connectivity index (χ0v) is 25.3. The maximum atomic E-state index is 13.0. The van der Waals surface area contributed by atoms with E-state index in [1.165, 1.54) is 121 Å². The summed E-state index contributed by atoms with van der Waals surface area (Å²) >= 11 is 0. The largest absolute Gasteiger partial charge is 0.471 e. The van der Waals surface area contributed by atoms with Gasteiger partial charge in [0.25, 0.3) is 0 Å². The molecule has 8 nitrogen and oxygen atoms in total. The fourth-order valence-electron chi connectivity index (χ4n) is 4.34. The van der Waals surface area contributed by atoms with Gasteiger partial charge in [0.05, 0.1) is 0 Å². The van der Waals surface area contributed by atoms with E-state index < -0.39 is 24.2 Å². The molecule has 0 aromatic heterocycles. The van der Waals surface area contributed by atoms with Gasteiger partial charge in [0.15, 0.2) is 11.6 Å². The summed E-state index contributed by atoms with van der Waals surface area (Å²) in [5, 5.41) is 3.47. The van der Waals surface area contributed by atoms with E-state index in [1.807, 2.05) is 0 Å². The van der Waals surface area contributed by atoms with Gasteiger partial charge < -0.3 is 20.1 Å². The number of halogens is 6. The third-order valence-corrected chi connectivity index (χ3v) is 6.85. The summed E-state index contributed by atoms with van der Waals surface area (Å²) in [6.45, 7) is 0. The van der Waals surface area contributed by atoms with E-state index in [9.17, 15) is 45.5 Å². The minimum Gasteiger partial charge on any atom is -0.457 e. The molecular weight excluding hydrogens is 670 g/mol. The van der Waals surface area contributed by atoms with Crippen molar-refractivity contribution in [2.75, 3.05) is 10.6 Å². The van der Waals surface area contributed by atoms with Crippen LogP contribution in [-0.2, 0) is 9.59 Å². The topological polar surface area (TPSA) is 111 Å². The number of rotatable bonds is 10. The average Bonchev–Trinajstić information content (AvgIpc) is 3.09. The maximum absolute atomic E-state index is 13.0. The molecule has 0 aliphatic heterocycles. The van der Waals surface area contributed by atoms with Gasteiger partial charge in [0.2, 0.25) is 0 Å². The number of nitrogens with one attached hydrogen (secondary N) is 2. The molecular formula is C36H22F6N2O6. The fraction of sp³-hybridized carbons (Fsp3) is 0.0556. The third-order valence-electron chi connectivity index (χ3n) is 6.85. The van der Waals surface area contributed by atoms with Gasteiger partial charge in [-0.25, -0.2) is 0 Å². The summed E-state index contributed by atoms with van der Waals surface area (Å²) in [6, 6.07) is 28.8. The lowest BCUT2D eigenvalue weighted by Gasteiger charge is -2.10. The van der Waals surface area contributed by atoms with Gasteiger partial charge in [0, 0.05) is 33.6 Å². The van der Waals surface area contributed by atoms with E-state index in [2.05, 4.69) is 0 Å². The molecule has 0 spiro atoms. The smallest absolute Gasteiger partial charge is 0.457 e. The van der Waals surface area contributed by atoms with Crippen LogP contribution in [0.15, 0.2) is 121 Å². The zero-order valence-electron chi connectivity index (χ0n) is 25.3. The number of carbonyl (C=O) groups is 4. The van der Waals surface area contributed by atoms with Crippen LogP contribution in [0.1, 0.15) is 31.8 Å². The van der Waals surface area contributed by atoms with Gasteiger partial charge in [-0.2, -0.15) is 26.3 Å². The van der Waals surface area contributed by atoms with Crippen LogP contribution in [-0.4, -0.2) is 35.7 Å². The summed E-state index contributed by atoms with van der Waals surface area (Å²) in [7, 11) is 0. The number of hydrogen-bond acceptors (Lipinski definition) is 6. The summed E-state index contributed by atoms with van der Waals surface area (Å²) < 4.78 is 85.8. The quantitative estimate of drug-likeness (QED) is 0.112. The monoisotopic (exact) mass is 692 g/mol. The predicted octanol–water partition coefficient (Wildman–Crippen LogP) is 8.73. The van der Waals surface area contributed by atoms with Crippen molar-refractivity contribution in [2.45, 2.75) is 12.4 Å². The van der Waals surface area contributed by atoms with Crippen LogP contribution in [0.2, 0.25) is 0 Å². The molecule has 5 aromatic rings. The predicted molar refractivity (Wildman–Crippen MR) is 169 cm³/mol. The van der Waals surface area contributed by atoms with Crippen molar-refractivity contribution in [3.63, 3.8) is 0 Å². The first kappa shape index (κ1) is 34.9. The minimum absolute atomic E-state index is 0.0644. The molecule has 2 N–H and O–H groups in total. The number of amides is 2. The van der Waals surface area contributed by atoms with E-state index in [0.29, 0.717) is 33.8 Å². The summed E-state index contributed by atoms with van der Waals surface area (Å²) in [5.41, 5.74) is 1.17. The second-order valence-electron chi connectivity index (χ2n) is 10.4. The molecule has 0 saturated carbocycles. The molecule has 254 valence electrons. The summed E-state index contributed by atoms with van der Waals surface area (Å²) in [6.07, 6.45) is -10.0. The van der Waals surface area contributed by atoms with E-state index in [0.717, 1.165) is 0 Å². The van der Waals surface area contributed by atoms with Crippen LogP contribution >= 0.6 is 0 Å². The van der Waals surface area contributed by atoms with E-state index in [4.69, 9.17) is 9.47 Å². The fourth-order valence-corrected chi connectivity index (χ4v) is 4.34. The van der Waals surface area contributed by atoms with Crippen LogP contribution in [0.25, 0.3) is 0 Å². The van der Waals surface area contributed by atoms with Crippen LogP contribution in [0.4, 0.5) is 37.7 Å². The Morgan fingerprint density at radius 3 is 0.840 bits per heavy atom. The van der Waals surface area contributed by atoms with E-state index in [-0.39, 0.29) is 34.4 Å². The highest BCUT2D eigenvalue weighted by atomic mass is 19.4. The van der Waals surface area contributed by atoms with E-state index >= 15 is 0 Å². The molecule has 50 heavy (non-hydrogen) atoms. The molecule has 14 heteroatoms. The zero-order chi connectivity index (χ0) is 36.1. The summed E-state index contributed by atoms with van der Waals surface area (Å²) in [5.74, 6) is -3.58. The molecule has 0 bridgehead atoms. The minimum atomic E-state index is -5.02. The molecule has 0 atom stereocenters. The third kappa shape index (κ3) is 8.92. The maximum Gasteiger partial charge on any atom is 0.471 e. The Hall–Kier alpha value is -6.44. The number of alkyl halides is 6. The summed E-state index contributed by atoms with van der Waals surface area (Å²) in [4.78, 5) is 48.2. The van der Waals surface area contributed by atoms with Gasteiger partial charge in [-0.15, -0.1) is 0 Å². The SMILES string of the molecule is O=C(c1ccc(Oc2ccc(NC(=O)C(F)(F)F)cc2)cc1)c1ccc(C(=O)c2ccc(Oc3ccc(NC(=O)C(F)(F)F)cc3)cc2)cc1. The molecule has 0 fully saturated rings. The first-order valence-electron chi connectivity index (χ1n) is 14.4. The number of hydrogen-bond donors (Lipinski definition) is 2.